The third-order valence-corrected chi connectivity index (χ3v) is 5.69. The van der Waals surface area contributed by atoms with E-state index in [-0.39, 0.29) is 30.5 Å². The lowest BCUT2D eigenvalue weighted by molar-refractivity contribution is -0.136. The van der Waals surface area contributed by atoms with E-state index in [1.807, 2.05) is 19.9 Å². The molecule has 1 amide bonds. The molecule has 2 aromatic carbocycles. The van der Waals surface area contributed by atoms with Crippen LogP contribution in [0.1, 0.15) is 38.3 Å². The monoisotopic (exact) mass is 498 g/mol. The van der Waals surface area contributed by atoms with Gasteiger partial charge in [-0.3, -0.25) is 4.79 Å². The van der Waals surface area contributed by atoms with Crippen molar-refractivity contribution in [2.75, 3.05) is 26.3 Å². The van der Waals surface area contributed by atoms with Crippen molar-refractivity contribution in [2.24, 2.45) is 11.8 Å². The summed E-state index contributed by atoms with van der Waals surface area (Å²) in [5.41, 5.74) is 0.826. The highest BCUT2D eigenvalue weighted by Crippen LogP contribution is 2.38. The third-order valence-electron chi connectivity index (χ3n) is 5.41. The molecule has 0 saturated carbocycles. The SMILES string of the molecule is CC(C)CN(Cc1cc(Cl)c2c(c1)OCCCO2)C(=O)[C@H](C)CNCc1cc(F)c(F)cc1F. The number of benzene rings is 2. The normalized spacial score (nSPS) is 14.1. The predicted octanol–water partition coefficient (Wildman–Crippen LogP) is 5.33. The number of amides is 1. The Morgan fingerprint density at radius 2 is 1.76 bits per heavy atom. The molecular weight excluding hydrogens is 469 g/mol. The second kappa shape index (κ2) is 11.8. The zero-order valence-corrected chi connectivity index (χ0v) is 20.4. The van der Waals surface area contributed by atoms with E-state index < -0.39 is 23.4 Å². The van der Waals surface area contributed by atoms with Crippen LogP contribution in [0.4, 0.5) is 13.2 Å². The standard InChI is InChI=1S/C25H30ClF3N2O3/c1-15(2)13-31(14-17-7-19(26)24-23(8-17)33-5-4-6-34-24)25(32)16(3)11-30-12-18-9-21(28)22(29)10-20(18)27/h7-10,15-16,30H,4-6,11-14H2,1-3H3/t16-/m1/s1. The van der Waals surface area contributed by atoms with Gasteiger partial charge in [0.2, 0.25) is 5.91 Å². The number of rotatable bonds is 9. The number of fused-ring (bicyclic) bond motifs is 1. The van der Waals surface area contributed by atoms with Gasteiger partial charge in [-0.2, -0.15) is 0 Å². The maximum atomic E-state index is 13.9. The summed E-state index contributed by atoms with van der Waals surface area (Å²) < 4.78 is 51.8. The molecule has 0 fully saturated rings. The highest BCUT2D eigenvalue weighted by molar-refractivity contribution is 6.32. The summed E-state index contributed by atoms with van der Waals surface area (Å²) in [5.74, 6) is -2.37. The lowest BCUT2D eigenvalue weighted by atomic mass is 10.1. The van der Waals surface area contributed by atoms with Crippen LogP contribution in [0.3, 0.4) is 0 Å². The smallest absolute Gasteiger partial charge is 0.226 e. The molecular formula is C25H30ClF3N2O3. The zero-order valence-electron chi connectivity index (χ0n) is 19.6. The van der Waals surface area contributed by atoms with Crippen molar-refractivity contribution in [3.8, 4) is 11.5 Å². The van der Waals surface area contributed by atoms with Crippen molar-refractivity contribution in [2.45, 2.75) is 40.3 Å². The van der Waals surface area contributed by atoms with Crippen LogP contribution in [0.2, 0.25) is 5.02 Å². The molecule has 3 rings (SSSR count). The van der Waals surface area contributed by atoms with Crippen LogP contribution in [0.15, 0.2) is 24.3 Å². The first-order valence-corrected chi connectivity index (χ1v) is 11.7. The van der Waals surface area contributed by atoms with Gasteiger partial charge in [-0.05, 0) is 29.7 Å². The zero-order chi connectivity index (χ0) is 24.8. The molecule has 2 aromatic rings. The minimum atomic E-state index is -1.23. The van der Waals surface area contributed by atoms with E-state index in [0.717, 1.165) is 18.1 Å². The average molecular weight is 499 g/mol. The summed E-state index contributed by atoms with van der Waals surface area (Å²) in [6.45, 7) is 7.97. The molecule has 9 heteroatoms. The van der Waals surface area contributed by atoms with Gasteiger partial charge in [0.05, 0.1) is 18.2 Å². The number of hydrogen-bond acceptors (Lipinski definition) is 4. The molecule has 1 N–H and O–H groups in total. The van der Waals surface area contributed by atoms with Crippen LogP contribution in [-0.2, 0) is 17.9 Å². The number of carbonyl (C=O) groups is 1. The average Bonchev–Trinajstić information content (AvgIpc) is 3.02. The largest absolute Gasteiger partial charge is 0.489 e. The Balaban J connectivity index is 1.66. The molecule has 0 aromatic heterocycles. The van der Waals surface area contributed by atoms with Crippen molar-refractivity contribution in [3.05, 3.63) is 57.9 Å². The van der Waals surface area contributed by atoms with E-state index in [9.17, 15) is 18.0 Å². The Labute approximate surface area is 203 Å². The fourth-order valence-electron chi connectivity index (χ4n) is 3.79. The maximum Gasteiger partial charge on any atom is 0.226 e. The summed E-state index contributed by atoms with van der Waals surface area (Å²) >= 11 is 6.41. The number of nitrogens with zero attached hydrogens (tertiary/aromatic N) is 1. The van der Waals surface area contributed by atoms with Gasteiger partial charge in [0.15, 0.2) is 23.1 Å². The first kappa shape index (κ1) is 26.2. The predicted molar refractivity (Wildman–Crippen MR) is 125 cm³/mol. The molecule has 5 nitrogen and oxygen atoms in total. The van der Waals surface area contributed by atoms with Gasteiger partial charge in [-0.25, -0.2) is 13.2 Å². The molecule has 1 atom stereocenters. The molecule has 0 spiro atoms. The van der Waals surface area contributed by atoms with Gasteiger partial charge in [-0.1, -0.05) is 32.4 Å². The number of halogens is 4. The van der Waals surface area contributed by atoms with Crippen molar-refractivity contribution in [1.29, 1.82) is 0 Å². The van der Waals surface area contributed by atoms with E-state index >= 15 is 0 Å². The summed E-state index contributed by atoms with van der Waals surface area (Å²) in [5, 5.41) is 3.40. The molecule has 0 saturated heterocycles. The topological polar surface area (TPSA) is 50.8 Å². The van der Waals surface area contributed by atoms with Gasteiger partial charge in [-0.15, -0.1) is 0 Å². The molecule has 0 aliphatic carbocycles. The molecule has 1 heterocycles. The van der Waals surface area contributed by atoms with Crippen LogP contribution in [-0.4, -0.2) is 37.1 Å². The summed E-state index contributed by atoms with van der Waals surface area (Å²) in [6, 6.07) is 4.97. The van der Waals surface area contributed by atoms with Crippen molar-refractivity contribution < 1.29 is 27.4 Å². The summed E-state index contributed by atoms with van der Waals surface area (Å²) in [6.07, 6.45) is 0.761. The lowest BCUT2D eigenvalue weighted by Gasteiger charge is -2.28. The molecule has 34 heavy (non-hydrogen) atoms. The molecule has 0 unspecified atom stereocenters. The van der Waals surface area contributed by atoms with E-state index in [2.05, 4.69) is 5.32 Å². The Bertz CT molecular complexity index is 1020. The molecule has 1 aliphatic heterocycles. The molecule has 0 radical (unpaired) electrons. The van der Waals surface area contributed by atoms with Gasteiger partial charge in [0.25, 0.3) is 0 Å². The first-order valence-electron chi connectivity index (χ1n) is 11.4. The number of nitrogens with one attached hydrogen (secondary N) is 1. The Morgan fingerprint density at radius 3 is 2.50 bits per heavy atom. The highest BCUT2D eigenvalue weighted by atomic mass is 35.5. The van der Waals surface area contributed by atoms with Gasteiger partial charge >= 0.3 is 0 Å². The van der Waals surface area contributed by atoms with Crippen LogP contribution >= 0.6 is 11.6 Å². The Hall–Kier alpha value is -2.45. The number of carbonyl (C=O) groups excluding carboxylic acids is 1. The second-order valence-corrected chi connectivity index (χ2v) is 9.36. The molecule has 0 bridgehead atoms. The number of hydrogen-bond donors (Lipinski definition) is 1. The maximum absolute atomic E-state index is 13.9. The van der Waals surface area contributed by atoms with E-state index in [1.165, 1.54) is 0 Å². The minimum absolute atomic E-state index is 0.000533. The fraction of sp³-hybridized carbons (Fsp3) is 0.480. The van der Waals surface area contributed by atoms with Crippen molar-refractivity contribution >= 4 is 17.5 Å². The molecule has 1 aliphatic rings. The molecule has 186 valence electrons. The fourth-order valence-corrected chi connectivity index (χ4v) is 4.08. The minimum Gasteiger partial charge on any atom is -0.489 e. The van der Waals surface area contributed by atoms with Crippen molar-refractivity contribution in [1.82, 2.24) is 10.2 Å². The van der Waals surface area contributed by atoms with E-state index in [4.69, 9.17) is 21.1 Å². The van der Waals surface area contributed by atoms with Crippen LogP contribution in [0, 0.1) is 29.3 Å². The van der Waals surface area contributed by atoms with Crippen LogP contribution in [0.5, 0.6) is 11.5 Å². The lowest BCUT2D eigenvalue weighted by Crippen LogP contribution is -2.40. The van der Waals surface area contributed by atoms with Crippen LogP contribution in [0.25, 0.3) is 0 Å². The summed E-state index contributed by atoms with van der Waals surface area (Å²) in [7, 11) is 0. The number of ether oxygens (including phenoxy) is 2. The van der Waals surface area contributed by atoms with E-state index in [1.54, 1.807) is 17.9 Å². The van der Waals surface area contributed by atoms with Gasteiger partial charge < -0.3 is 19.7 Å². The summed E-state index contributed by atoms with van der Waals surface area (Å²) in [4.78, 5) is 15.0. The second-order valence-electron chi connectivity index (χ2n) is 8.96. The van der Waals surface area contributed by atoms with Crippen LogP contribution < -0.4 is 14.8 Å². The first-order chi connectivity index (χ1) is 16.2. The highest BCUT2D eigenvalue weighted by Gasteiger charge is 2.23. The Morgan fingerprint density at radius 1 is 1.06 bits per heavy atom. The third kappa shape index (κ3) is 6.79. The Kier molecular flexibility index (Phi) is 9.08. The van der Waals surface area contributed by atoms with E-state index in [0.29, 0.717) is 48.9 Å². The van der Waals surface area contributed by atoms with Gasteiger partial charge in [0, 0.05) is 50.1 Å². The quantitative estimate of drug-likeness (QED) is 0.475. The van der Waals surface area contributed by atoms with Gasteiger partial charge in [0.1, 0.15) is 5.82 Å². The van der Waals surface area contributed by atoms with Crippen molar-refractivity contribution in [3.63, 3.8) is 0 Å².